The first-order chi connectivity index (χ1) is 6.74. The monoisotopic (exact) mass is 200 g/mol. The zero-order valence-corrected chi connectivity index (χ0v) is 9.68. The van der Waals surface area contributed by atoms with Crippen LogP contribution >= 0.6 is 0 Å². The quantitative estimate of drug-likeness (QED) is 0.631. The first-order valence-electron chi connectivity index (χ1n) is 5.73. The van der Waals surface area contributed by atoms with Gasteiger partial charge in [0.05, 0.1) is 6.10 Å². The molecular weight excluding hydrogens is 176 g/mol. The van der Waals surface area contributed by atoms with Crippen molar-refractivity contribution in [2.75, 3.05) is 20.2 Å². The highest BCUT2D eigenvalue weighted by atomic mass is 16.5. The van der Waals surface area contributed by atoms with Crippen molar-refractivity contribution in [2.24, 2.45) is 0 Å². The zero-order valence-electron chi connectivity index (χ0n) is 9.68. The summed E-state index contributed by atoms with van der Waals surface area (Å²) in [5, 5.41) is 6.95. The lowest BCUT2D eigenvalue weighted by atomic mass is 10.2. The molecule has 0 saturated heterocycles. The Bertz CT molecular complexity index is 150. The number of ether oxygens (including phenoxy) is 1. The van der Waals surface area contributed by atoms with Crippen LogP contribution in [0.4, 0.5) is 0 Å². The highest BCUT2D eigenvalue weighted by molar-refractivity contribution is 4.83. The summed E-state index contributed by atoms with van der Waals surface area (Å²) in [5.41, 5.74) is 0. The molecule has 1 aliphatic rings. The van der Waals surface area contributed by atoms with Gasteiger partial charge < -0.3 is 15.4 Å². The fourth-order valence-electron chi connectivity index (χ4n) is 2.06. The Labute approximate surface area is 87.6 Å². The minimum atomic E-state index is 0.439. The second-order valence-corrected chi connectivity index (χ2v) is 4.37. The van der Waals surface area contributed by atoms with Crippen molar-refractivity contribution in [1.82, 2.24) is 10.6 Å². The van der Waals surface area contributed by atoms with E-state index in [4.69, 9.17) is 4.74 Å². The van der Waals surface area contributed by atoms with Gasteiger partial charge in [0.25, 0.3) is 0 Å². The summed E-state index contributed by atoms with van der Waals surface area (Å²) < 4.78 is 5.42. The van der Waals surface area contributed by atoms with E-state index in [1.54, 1.807) is 0 Å². The van der Waals surface area contributed by atoms with Crippen LogP contribution in [-0.4, -0.2) is 38.4 Å². The molecule has 2 unspecified atom stereocenters. The number of nitrogens with one attached hydrogen (secondary N) is 2. The van der Waals surface area contributed by atoms with E-state index in [0.717, 1.165) is 13.1 Å². The molecule has 14 heavy (non-hydrogen) atoms. The van der Waals surface area contributed by atoms with Crippen LogP contribution in [0, 0.1) is 0 Å². The van der Waals surface area contributed by atoms with Crippen LogP contribution < -0.4 is 10.6 Å². The number of hydrogen-bond donors (Lipinski definition) is 2. The van der Waals surface area contributed by atoms with Crippen LogP contribution in [0.1, 0.15) is 33.1 Å². The smallest absolute Gasteiger partial charge is 0.0724 e. The van der Waals surface area contributed by atoms with Crippen LogP contribution in [0.25, 0.3) is 0 Å². The molecule has 2 atom stereocenters. The van der Waals surface area contributed by atoms with Gasteiger partial charge in [-0.2, -0.15) is 0 Å². The van der Waals surface area contributed by atoms with Crippen LogP contribution in [-0.2, 0) is 4.74 Å². The van der Waals surface area contributed by atoms with E-state index in [9.17, 15) is 0 Å². The highest BCUT2D eigenvalue weighted by Crippen LogP contribution is 2.20. The van der Waals surface area contributed by atoms with Gasteiger partial charge in [0.2, 0.25) is 0 Å². The fourth-order valence-corrected chi connectivity index (χ4v) is 2.06. The van der Waals surface area contributed by atoms with Gasteiger partial charge in [0.15, 0.2) is 0 Å². The standard InChI is InChI=1S/C11H24N2O/c1-9(2)12-7-8-13-10-5-4-6-11(10)14-3/h9-13H,4-8H2,1-3H3. The Morgan fingerprint density at radius 3 is 2.71 bits per heavy atom. The van der Waals surface area contributed by atoms with E-state index in [-0.39, 0.29) is 0 Å². The number of rotatable bonds is 6. The lowest BCUT2D eigenvalue weighted by molar-refractivity contribution is 0.0854. The maximum absolute atomic E-state index is 5.42. The van der Waals surface area contributed by atoms with Gasteiger partial charge in [0.1, 0.15) is 0 Å². The molecular formula is C11H24N2O. The van der Waals surface area contributed by atoms with Crippen LogP contribution in [0.2, 0.25) is 0 Å². The van der Waals surface area contributed by atoms with E-state index in [2.05, 4.69) is 24.5 Å². The first kappa shape index (κ1) is 12.0. The first-order valence-corrected chi connectivity index (χ1v) is 5.73. The average molecular weight is 200 g/mol. The molecule has 0 aliphatic heterocycles. The number of methoxy groups -OCH3 is 1. The summed E-state index contributed by atoms with van der Waals surface area (Å²) in [4.78, 5) is 0. The molecule has 0 aromatic heterocycles. The minimum Gasteiger partial charge on any atom is -0.380 e. The summed E-state index contributed by atoms with van der Waals surface area (Å²) in [5.74, 6) is 0. The highest BCUT2D eigenvalue weighted by Gasteiger charge is 2.25. The lowest BCUT2D eigenvalue weighted by Gasteiger charge is -2.20. The van der Waals surface area contributed by atoms with Gasteiger partial charge in [-0.3, -0.25) is 0 Å². The normalized spacial score (nSPS) is 27.4. The molecule has 84 valence electrons. The Morgan fingerprint density at radius 1 is 1.29 bits per heavy atom. The second kappa shape index (κ2) is 6.38. The summed E-state index contributed by atoms with van der Waals surface area (Å²) >= 11 is 0. The van der Waals surface area contributed by atoms with Gasteiger partial charge in [0, 0.05) is 32.3 Å². The number of hydrogen-bond acceptors (Lipinski definition) is 3. The van der Waals surface area contributed by atoms with Gasteiger partial charge in [-0.25, -0.2) is 0 Å². The van der Waals surface area contributed by atoms with Crippen molar-refractivity contribution in [2.45, 2.75) is 51.3 Å². The van der Waals surface area contributed by atoms with Crippen molar-refractivity contribution in [3.63, 3.8) is 0 Å². The Morgan fingerprint density at radius 2 is 2.07 bits per heavy atom. The van der Waals surface area contributed by atoms with E-state index in [1.165, 1.54) is 19.3 Å². The molecule has 0 aromatic carbocycles. The van der Waals surface area contributed by atoms with Crippen LogP contribution in [0.15, 0.2) is 0 Å². The molecule has 3 heteroatoms. The third-order valence-electron chi connectivity index (χ3n) is 2.84. The molecule has 1 fully saturated rings. The van der Waals surface area contributed by atoms with E-state index >= 15 is 0 Å². The van der Waals surface area contributed by atoms with E-state index in [0.29, 0.717) is 18.2 Å². The van der Waals surface area contributed by atoms with E-state index in [1.807, 2.05) is 7.11 Å². The van der Waals surface area contributed by atoms with Crippen molar-refractivity contribution in [1.29, 1.82) is 0 Å². The zero-order chi connectivity index (χ0) is 10.4. The summed E-state index contributed by atoms with van der Waals surface area (Å²) in [6.45, 7) is 6.44. The molecule has 0 amide bonds. The van der Waals surface area contributed by atoms with Crippen LogP contribution in [0.5, 0.6) is 0 Å². The van der Waals surface area contributed by atoms with Gasteiger partial charge >= 0.3 is 0 Å². The van der Waals surface area contributed by atoms with Crippen molar-refractivity contribution in [3.05, 3.63) is 0 Å². The van der Waals surface area contributed by atoms with Crippen molar-refractivity contribution >= 4 is 0 Å². The Hall–Kier alpha value is -0.120. The molecule has 1 rings (SSSR count). The molecule has 3 nitrogen and oxygen atoms in total. The molecule has 2 N–H and O–H groups in total. The topological polar surface area (TPSA) is 33.3 Å². The maximum atomic E-state index is 5.42. The van der Waals surface area contributed by atoms with Gasteiger partial charge in [-0.15, -0.1) is 0 Å². The lowest BCUT2D eigenvalue weighted by Crippen LogP contribution is -2.41. The SMILES string of the molecule is COC1CCCC1NCCNC(C)C. The molecule has 0 heterocycles. The van der Waals surface area contributed by atoms with Crippen molar-refractivity contribution < 1.29 is 4.74 Å². The largest absolute Gasteiger partial charge is 0.380 e. The molecule has 0 bridgehead atoms. The van der Waals surface area contributed by atoms with Gasteiger partial charge in [-0.05, 0) is 19.3 Å². The van der Waals surface area contributed by atoms with Crippen LogP contribution in [0.3, 0.4) is 0 Å². The summed E-state index contributed by atoms with van der Waals surface area (Å²) in [7, 11) is 1.82. The minimum absolute atomic E-state index is 0.439. The molecule has 1 aliphatic carbocycles. The Balaban J connectivity index is 2.05. The molecule has 0 spiro atoms. The van der Waals surface area contributed by atoms with Crippen molar-refractivity contribution in [3.8, 4) is 0 Å². The maximum Gasteiger partial charge on any atom is 0.0724 e. The summed E-state index contributed by atoms with van der Waals surface area (Å²) in [6.07, 6.45) is 4.22. The predicted molar refractivity (Wildman–Crippen MR) is 59.6 cm³/mol. The third-order valence-corrected chi connectivity index (χ3v) is 2.84. The molecule has 0 aromatic rings. The average Bonchev–Trinajstić information content (AvgIpc) is 2.59. The second-order valence-electron chi connectivity index (χ2n) is 4.37. The molecule has 0 radical (unpaired) electrons. The third kappa shape index (κ3) is 3.95. The van der Waals surface area contributed by atoms with E-state index < -0.39 is 0 Å². The molecule has 1 saturated carbocycles. The fraction of sp³-hybridized carbons (Fsp3) is 1.00. The van der Waals surface area contributed by atoms with Gasteiger partial charge in [-0.1, -0.05) is 13.8 Å². The Kier molecular flexibility index (Phi) is 5.45. The predicted octanol–water partition coefficient (Wildman–Crippen LogP) is 1.14. The summed E-state index contributed by atoms with van der Waals surface area (Å²) in [6, 6.07) is 1.16.